The van der Waals surface area contributed by atoms with Crippen molar-refractivity contribution in [3.8, 4) is 0 Å². The Bertz CT molecular complexity index is 1060. The number of hydrogen-bond donors (Lipinski definition) is 0. The van der Waals surface area contributed by atoms with Crippen molar-refractivity contribution < 1.29 is 4.79 Å². The average molecular weight is 398 g/mol. The molecule has 30 heavy (non-hydrogen) atoms. The zero-order valence-corrected chi connectivity index (χ0v) is 17.7. The summed E-state index contributed by atoms with van der Waals surface area (Å²) >= 11 is 0. The van der Waals surface area contributed by atoms with Crippen molar-refractivity contribution in [2.75, 3.05) is 11.9 Å². The number of guanidine groups is 1. The fraction of sp³-hybridized carbons (Fsp3) is 0.231. The molecule has 0 radical (unpaired) electrons. The predicted molar refractivity (Wildman–Crippen MR) is 123 cm³/mol. The topological polar surface area (TPSA) is 35.9 Å². The minimum absolute atomic E-state index is 0.0284. The number of carbonyl (C=O) groups excluding carboxylic acids is 1. The Morgan fingerprint density at radius 3 is 2.17 bits per heavy atom. The molecule has 3 aromatic carbocycles. The third-order valence-corrected chi connectivity index (χ3v) is 5.45. The molecule has 1 aliphatic rings. The van der Waals surface area contributed by atoms with Crippen molar-refractivity contribution in [2.45, 2.75) is 32.9 Å². The zero-order chi connectivity index (χ0) is 21.1. The predicted octanol–water partition coefficient (Wildman–Crippen LogP) is 4.75. The van der Waals surface area contributed by atoms with Crippen LogP contribution in [0.2, 0.25) is 0 Å². The first kappa shape index (κ1) is 19.9. The molecule has 0 bridgehead atoms. The lowest BCUT2D eigenvalue weighted by Gasteiger charge is -2.28. The maximum Gasteiger partial charge on any atom is 0.259 e. The maximum atomic E-state index is 13.5. The average Bonchev–Trinajstić information content (AvgIpc) is 3.06. The molecule has 152 valence electrons. The van der Waals surface area contributed by atoms with E-state index in [1.165, 1.54) is 11.1 Å². The quantitative estimate of drug-likeness (QED) is 0.623. The number of benzene rings is 3. The summed E-state index contributed by atoms with van der Waals surface area (Å²) in [5.41, 5.74) is 5.46. The summed E-state index contributed by atoms with van der Waals surface area (Å²) in [5.74, 6) is 0.734. The van der Waals surface area contributed by atoms with Gasteiger partial charge in [0.15, 0.2) is 0 Å². The van der Waals surface area contributed by atoms with E-state index in [9.17, 15) is 4.79 Å². The molecule has 0 spiro atoms. The Balaban J connectivity index is 1.68. The standard InChI is InChI=1S/C26H27N3O/c1-19-14-15-24(20(2)16-19)29-25(30)23(17-21-10-6-4-7-11-21)27-26(29)28(3)18-22-12-8-5-9-13-22/h4-16,23H,17-18H2,1-3H3. The van der Waals surface area contributed by atoms with Gasteiger partial charge in [-0.05, 0) is 36.6 Å². The van der Waals surface area contributed by atoms with E-state index in [1.807, 2.05) is 49.5 Å². The fourth-order valence-electron chi connectivity index (χ4n) is 3.95. The Morgan fingerprint density at radius 1 is 0.900 bits per heavy atom. The second-order valence-corrected chi connectivity index (χ2v) is 7.94. The van der Waals surface area contributed by atoms with Gasteiger partial charge in [-0.25, -0.2) is 9.89 Å². The number of amides is 1. The smallest absolute Gasteiger partial charge is 0.259 e. The van der Waals surface area contributed by atoms with Gasteiger partial charge in [-0.3, -0.25) is 4.79 Å². The number of carbonyl (C=O) groups is 1. The largest absolute Gasteiger partial charge is 0.341 e. The highest BCUT2D eigenvalue weighted by molar-refractivity contribution is 6.22. The molecule has 3 aromatic rings. The first-order valence-electron chi connectivity index (χ1n) is 10.3. The molecule has 0 aromatic heterocycles. The normalized spacial score (nSPS) is 16.0. The molecule has 4 heteroatoms. The molecule has 0 saturated heterocycles. The molecule has 4 rings (SSSR count). The zero-order valence-electron chi connectivity index (χ0n) is 17.7. The molecule has 1 unspecified atom stereocenters. The molecule has 1 atom stereocenters. The van der Waals surface area contributed by atoms with Crippen molar-refractivity contribution >= 4 is 17.6 Å². The van der Waals surface area contributed by atoms with E-state index in [2.05, 4.69) is 55.1 Å². The fourth-order valence-corrected chi connectivity index (χ4v) is 3.95. The minimum atomic E-state index is -0.415. The molecule has 0 fully saturated rings. The molecule has 0 saturated carbocycles. The molecule has 4 nitrogen and oxygen atoms in total. The molecule has 1 amide bonds. The highest BCUT2D eigenvalue weighted by Gasteiger charge is 2.38. The summed E-state index contributed by atoms with van der Waals surface area (Å²) in [4.78, 5) is 22.3. The van der Waals surface area contributed by atoms with Crippen LogP contribution >= 0.6 is 0 Å². The van der Waals surface area contributed by atoms with Crippen LogP contribution in [0, 0.1) is 13.8 Å². The van der Waals surface area contributed by atoms with Crippen molar-refractivity contribution in [1.82, 2.24) is 4.90 Å². The van der Waals surface area contributed by atoms with Crippen LogP contribution in [0.3, 0.4) is 0 Å². The van der Waals surface area contributed by atoms with Gasteiger partial charge in [-0.2, -0.15) is 0 Å². The van der Waals surface area contributed by atoms with E-state index in [0.29, 0.717) is 18.9 Å². The number of anilines is 1. The van der Waals surface area contributed by atoms with E-state index in [-0.39, 0.29) is 5.91 Å². The Labute approximate surface area is 178 Å². The summed E-state index contributed by atoms with van der Waals surface area (Å²) in [6.45, 7) is 4.80. The first-order chi connectivity index (χ1) is 14.5. The second kappa shape index (κ2) is 8.54. The number of nitrogens with zero attached hydrogens (tertiary/aromatic N) is 3. The van der Waals surface area contributed by atoms with Crippen molar-refractivity contribution in [2.24, 2.45) is 4.99 Å². The van der Waals surface area contributed by atoms with Crippen LogP contribution in [-0.2, 0) is 17.8 Å². The Hall–Kier alpha value is -3.40. The summed E-state index contributed by atoms with van der Waals surface area (Å²) in [5, 5.41) is 0. The molecule has 0 aliphatic carbocycles. The molecule has 1 heterocycles. The van der Waals surface area contributed by atoms with Crippen LogP contribution < -0.4 is 4.90 Å². The summed E-state index contributed by atoms with van der Waals surface area (Å²) in [7, 11) is 2.00. The summed E-state index contributed by atoms with van der Waals surface area (Å²) < 4.78 is 0. The third-order valence-electron chi connectivity index (χ3n) is 5.45. The molecule has 1 aliphatic heterocycles. The first-order valence-corrected chi connectivity index (χ1v) is 10.3. The number of aliphatic imine (C=N–C) groups is 1. The van der Waals surface area contributed by atoms with Crippen molar-refractivity contribution in [1.29, 1.82) is 0 Å². The molecular weight excluding hydrogens is 370 g/mol. The van der Waals surface area contributed by atoms with Gasteiger partial charge in [0, 0.05) is 20.0 Å². The lowest BCUT2D eigenvalue weighted by atomic mass is 10.1. The third kappa shape index (κ3) is 4.13. The Morgan fingerprint density at radius 2 is 1.53 bits per heavy atom. The van der Waals surface area contributed by atoms with E-state index in [1.54, 1.807) is 4.90 Å². The monoisotopic (exact) mass is 397 g/mol. The highest BCUT2D eigenvalue weighted by Crippen LogP contribution is 2.28. The van der Waals surface area contributed by atoms with E-state index < -0.39 is 6.04 Å². The molecular formula is C26H27N3O. The Kier molecular flexibility index (Phi) is 5.66. The van der Waals surface area contributed by atoms with Crippen molar-refractivity contribution in [3.63, 3.8) is 0 Å². The SMILES string of the molecule is Cc1ccc(N2C(=O)C(Cc3ccccc3)N=C2N(C)Cc2ccccc2)c(C)c1. The van der Waals surface area contributed by atoms with Crippen LogP contribution in [0.4, 0.5) is 5.69 Å². The number of rotatable bonds is 5. The summed E-state index contributed by atoms with van der Waals surface area (Å²) in [6.07, 6.45) is 0.601. The maximum absolute atomic E-state index is 13.5. The van der Waals surface area contributed by atoms with Gasteiger partial charge in [0.25, 0.3) is 5.91 Å². The van der Waals surface area contributed by atoms with E-state index in [4.69, 9.17) is 4.99 Å². The van der Waals surface area contributed by atoms with Gasteiger partial charge in [0.1, 0.15) is 6.04 Å². The van der Waals surface area contributed by atoms with Crippen LogP contribution in [0.1, 0.15) is 22.3 Å². The lowest BCUT2D eigenvalue weighted by molar-refractivity contribution is -0.118. The van der Waals surface area contributed by atoms with Gasteiger partial charge in [0.05, 0.1) is 5.69 Å². The van der Waals surface area contributed by atoms with Gasteiger partial charge >= 0.3 is 0 Å². The van der Waals surface area contributed by atoms with Gasteiger partial charge in [0.2, 0.25) is 5.96 Å². The van der Waals surface area contributed by atoms with Gasteiger partial charge in [-0.1, -0.05) is 78.4 Å². The molecule has 0 N–H and O–H groups in total. The van der Waals surface area contributed by atoms with Crippen LogP contribution in [0.5, 0.6) is 0 Å². The van der Waals surface area contributed by atoms with Crippen LogP contribution in [0.25, 0.3) is 0 Å². The van der Waals surface area contributed by atoms with Gasteiger partial charge in [-0.15, -0.1) is 0 Å². The summed E-state index contributed by atoms with van der Waals surface area (Å²) in [6, 6.07) is 26.1. The second-order valence-electron chi connectivity index (χ2n) is 7.94. The van der Waals surface area contributed by atoms with E-state index >= 15 is 0 Å². The number of aryl methyl sites for hydroxylation is 2. The van der Waals surface area contributed by atoms with E-state index in [0.717, 1.165) is 16.8 Å². The minimum Gasteiger partial charge on any atom is -0.341 e. The van der Waals surface area contributed by atoms with Gasteiger partial charge < -0.3 is 4.90 Å². The van der Waals surface area contributed by atoms with Crippen LogP contribution in [0.15, 0.2) is 83.9 Å². The lowest BCUT2D eigenvalue weighted by Crippen LogP contribution is -2.43. The van der Waals surface area contributed by atoms with Crippen molar-refractivity contribution in [3.05, 3.63) is 101 Å². The van der Waals surface area contributed by atoms with Crippen LogP contribution in [-0.4, -0.2) is 29.9 Å². The highest BCUT2D eigenvalue weighted by atomic mass is 16.2. The number of hydrogen-bond acceptors (Lipinski definition) is 3.